The normalized spacial score (nSPS) is 12.5. The van der Waals surface area contributed by atoms with E-state index in [9.17, 15) is 8.78 Å². The highest BCUT2D eigenvalue weighted by molar-refractivity contribution is 6.30. The Morgan fingerprint density at radius 3 is 2.47 bits per heavy atom. The van der Waals surface area contributed by atoms with E-state index in [0.717, 1.165) is 0 Å². The maximum atomic E-state index is 13.4. The van der Waals surface area contributed by atoms with Gasteiger partial charge in [0.25, 0.3) is 0 Å². The highest BCUT2D eigenvalue weighted by Gasteiger charge is 2.39. The van der Waals surface area contributed by atoms with Crippen LogP contribution in [0.4, 0.5) is 8.78 Å². The van der Waals surface area contributed by atoms with Gasteiger partial charge in [0.2, 0.25) is 0 Å². The van der Waals surface area contributed by atoms with E-state index in [1.54, 1.807) is 13.8 Å². The summed E-state index contributed by atoms with van der Waals surface area (Å²) in [5.74, 6) is -3.51. The average Bonchev–Trinajstić information content (AvgIpc) is 2.44. The number of rotatable bonds is 3. The number of aliphatic hydroxyl groups excluding tert-OH is 1. The van der Waals surface area contributed by atoms with Crippen molar-refractivity contribution in [1.82, 2.24) is 9.78 Å². The fourth-order valence-corrected chi connectivity index (χ4v) is 1.62. The SMILES string of the molecule is CC(C)c1nn(C)c(Cl)c1C(F)(F)CO. The molecule has 0 aliphatic rings. The number of aromatic nitrogens is 2. The second kappa shape index (κ2) is 4.06. The molecule has 0 atom stereocenters. The number of aliphatic hydroxyl groups is 1. The van der Waals surface area contributed by atoms with Crippen LogP contribution in [-0.2, 0) is 13.0 Å². The Labute approximate surface area is 91.7 Å². The molecule has 1 heterocycles. The molecule has 86 valence electrons. The van der Waals surface area contributed by atoms with E-state index in [4.69, 9.17) is 16.7 Å². The van der Waals surface area contributed by atoms with Gasteiger partial charge in [0.1, 0.15) is 11.8 Å². The lowest BCUT2D eigenvalue weighted by atomic mass is 10.0. The van der Waals surface area contributed by atoms with Gasteiger partial charge in [-0.1, -0.05) is 25.4 Å². The molecule has 1 N–H and O–H groups in total. The second-order valence-electron chi connectivity index (χ2n) is 3.69. The summed E-state index contributed by atoms with van der Waals surface area (Å²) < 4.78 is 28.0. The van der Waals surface area contributed by atoms with E-state index in [1.807, 2.05) is 0 Å². The Balaban J connectivity index is 3.38. The minimum Gasteiger partial charge on any atom is -0.390 e. The summed E-state index contributed by atoms with van der Waals surface area (Å²) in [6.45, 7) is 2.23. The van der Waals surface area contributed by atoms with Gasteiger partial charge in [-0.05, 0) is 5.92 Å². The van der Waals surface area contributed by atoms with Crippen LogP contribution in [0.15, 0.2) is 0 Å². The summed E-state index contributed by atoms with van der Waals surface area (Å²) in [5, 5.41) is 12.4. The Bertz CT molecular complexity index is 363. The molecule has 15 heavy (non-hydrogen) atoms. The molecule has 0 amide bonds. The van der Waals surface area contributed by atoms with Crippen molar-refractivity contribution in [3.63, 3.8) is 0 Å². The number of hydrogen-bond acceptors (Lipinski definition) is 2. The predicted octanol–water partition coefficient (Wildman–Crippen LogP) is 2.28. The van der Waals surface area contributed by atoms with Crippen LogP contribution in [0.2, 0.25) is 5.15 Å². The van der Waals surface area contributed by atoms with Crippen LogP contribution in [0.1, 0.15) is 31.0 Å². The maximum absolute atomic E-state index is 13.4. The van der Waals surface area contributed by atoms with Crippen molar-refractivity contribution in [2.45, 2.75) is 25.7 Å². The Kier molecular flexibility index (Phi) is 3.35. The van der Waals surface area contributed by atoms with Crippen molar-refractivity contribution >= 4 is 11.6 Å². The fourth-order valence-electron chi connectivity index (χ4n) is 1.34. The molecule has 0 fully saturated rings. The first-order valence-corrected chi connectivity index (χ1v) is 4.90. The third kappa shape index (κ3) is 2.13. The van der Waals surface area contributed by atoms with Crippen LogP contribution in [0, 0.1) is 0 Å². The van der Waals surface area contributed by atoms with Gasteiger partial charge in [-0.3, -0.25) is 4.68 Å². The summed E-state index contributed by atoms with van der Waals surface area (Å²) in [7, 11) is 1.49. The lowest BCUT2D eigenvalue weighted by Gasteiger charge is -2.15. The maximum Gasteiger partial charge on any atom is 0.300 e. The molecule has 0 aliphatic carbocycles. The first-order chi connectivity index (χ1) is 6.81. The van der Waals surface area contributed by atoms with E-state index in [-0.39, 0.29) is 22.3 Å². The molecule has 0 saturated heterocycles. The van der Waals surface area contributed by atoms with Crippen LogP contribution >= 0.6 is 11.6 Å². The van der Waals surface area contributed by atoms with Gasteiger partial charge in [0.15, 0.2) is 0 Å². The van der Waals surface area contributed by atoms with Crippen molar-refractivity contribution in [2.24, 2.45) is 7.05 Å². The van der Waals surface area contributed by atoms with Crippen LogP contribution in [0.25, 0.3) is 0 Å². The van der Waals surface area contributed by atoms with E-state index in [2.05, 4.69) is 5.10 Å². The topological polar surface area (TPSA) is 38.0 Å². The predicted molar refractivity (Wildman–Crippen MR) is 53.3 cm³/mol. The molecular weight excluding hydrogens is 226 g/mol. The van der Waals surface area contributed by atoms with Gasteiger partial charge in [-0.2, -0.15) is 13.9 Å². The lowest BCUT2D eigenvalue weighted by Crippen LogP contribution is -2.20. The fraction of sp³-hybridized carbons (Fsp3) is 0.667. The number of alkyl halides is 2. The van der Waals surface area contributed by atoms with Gasteiger partial charge >= 0.3 is 5.92 Å². The summed E-state index contributed by atoms with van der Waals surface area (Å²) in [6.07, 6.45) is 0. The largest absolute Gasteiger partial charge is 0.390 e. The Morgan fingerprint density at radius 1 is 1.53 bits per heavy atom. The molecule has 0 saturated carbocycles. The molecule has 3 nitrogen and oxygen atoms in total. The Hall–Kier alpha value is -0.680. The van der Waals surface area contributed by atoms with Crippen LogP contribution in [-0.4, -0.2) is 21.5 Å². The highest BCUT2D eigenvalue weighted by Crippen LogP contribution is 2.37. The van der Waals surface area contributed by atoms with Crippen molar-refractivity contribution in [2.75, 3.05) is 6.61 Å². The van der Waals surface area contributed by atoms with E-state index < -0.39 is 12.5 Å². The quantitative estimate of drug-likeness (QED) is 0.877. The molecule has 0 aliphatic heterocycles. The minimum absolute atomic E-state index is 0.127. The summed E-state index contributed by atoms with van der Waals surface area (Å²) in [4.78, 5) is 0. The van der Waals surface area contributed by atoms with Crippen molar-refractivity contribution in [3.05, 3.63) is 16.4 Å². The molecular formula is C9H13ClF2N2O. The zero-order valence-corrected chi connectivity index (χ0v) is 9.52. The molecule has 1 aromatic heterocycles. The van der Waals surface area contributed by atoms with Gasteiger partial charge in [0, 0.05) is 7.05 Å². The van der Waals surface area contributed by atoms with Gasteiger partial charge in [0.05, 0.1) is 11.3 Å². The average molecular weight is 239 g/mol. The van der Waals surface area contributed by atoms with Gasteiger partial charge in [-0.25, -0.2) is 0 Å². The molecule has 6 heteroatoms. The standard InChI is InChI=1S/C9H13ClF2N2O/c1-5(2)7-6(9(11,12)4-15)8(10)14(3)13-7/h5,15H,4H2,1-3H3. The highest BCUT2D eigenvalue weighted by atomic mass is 35.5. The molecule has 0 bridgehead atoms. The zero-order chi connectivity index (χ0) is 11.8. The smallest absolute Gasteiger partial charge is 0.300 e. The van der Waals surface area contributed by atoms with Crippen molar-refractivity contribution < 1.29 is 13.9 Å². The third-order valence-corrected chi connectivity index (χ3v) is 2.55. The molecule has 0 spiro atoms. The first-order valence-electron chi connectivity index (χ1n) is 4.52. The second-order valence-corrected chi connectivity index (χ2v) is 4.05. The monoisotopic (exact) mass is 238 g/mol. The van der Waals surface area contributed by atoms with Crippen molar-refractivity contribution in [1.29, 1.82) is 0 Å². The van der Waals surface area contributed by atoms with E-state index >= 15 is 0 Å². The third-order valence-electron chi connectivity index (χ3n) is 2.12. The summed E-state index contributed by atoms with van der Waals surface area (Å²) in [6, 6.07) is 0. The van der Waals surface area contributed by atoms with Crippen molar-refractivity contribution in [3.8, 4) is 0 Å². The van der Waals surface area contributed by atoms with Gasteiger partial charge in [-0.15, -0.1) is 0 Å². The van der Waals surface area contributed by atoms with Crippen LogP contribution in [0.5, 0.6) is 0 Å². The van der Waals surface area contributed by atoms with E-state index in [0.29, 0.717) is 0 Å². The molecule has 1 rings (SSSR count). The summed E-state index contributed by atoms with van der Waals surface area (Å²) >= 11 is 5.73. The molecule has 0 aromatic carbocycles. The number of hydrogen-bond donors (Lipinski definition) is 1. The molecule has 1 aromatic rings. The Morgan fingerprint density at radius 2 is 2.07 bits per heavy atom. The summed E-state index contributed by atoms with van der Waals surface area (Å²) in [5.41, 5.74) is -0.147. The molecule has 0 unspecified atom stereocenters. The number of halogens is 3. The van der Waals surface area contributed by atoms with E-state index in [1.165, 1.54) is 11.7 Å². The minimum atomic E-state index is -3.34. The zero-order valence-electron chi connectivity index (χ0n) is 8.76. The number of aryl methyl sites for hydroxylation is 1. The van der Waals surface area contributed by atoms with Crippen LogP contribution < -0.4 is 0 Å². The van der Waals surface area contributed by atoms with Gasteiger partial charge < -0.3 is 5.11 Å². The van der Waals surface area contributed by atoms with Crippen LogP contribution in [0.3, 0.4) is 0 Å². The lowest BCUT2D eigenvalue weighted by molar-refractivity contribution is -0.0564. The molecule has 0 radical (unpaired) electrons. The first kappa shape index (κ1) is 12.4. The number of nitrogens with zero attached hydrogens (tertiary/aromatic N) is 2.